The van der Waals surface area contributed by atoms with E-state index in [0.717, 1.165) is 11.1 Å². The van der Waals surface area contributed by atoms with Crippen LogP contribution in [-0.4, -0.2) is 23.3 Å². The van der Waals surface area contributed by atoms with Crippen molar-refractivity contribution in [3.05, 3.63) is 65.2 Å². The Morgan fingerprint density at radius 2 is 1.92 bits per heavy atom. The van der Waals surface area contributed by atoms with E-state index in [2.05, 4.69) is 5.32 Å². The number of nitrogens with zero attached hydrogens (tertiary/aromatic N) is 2. The molecule has 5 nitrogen and oxygen atoms in total. The van der Waals surface area contributed by atoms with E-state index in [4.69, 9.17) is 5.26 Å². The minimum absolute atomic E-state index is 0.0687. The molecular formula is C20H21N3O2. The fraction of sp³-hybridized carbons (Fsp3) is 0.250. The Labute approximate surface area is 147 Å². The van der Waals surface area contributed by atoms with E-state index < -0.39 is 0 Å². The highest BCUT2D eigenvalue weighted by atomic mass is 16.2. The standard InChI is InChI=1S/C20H21N3O2/c1-15-5-3-7-18(11-15)14-23(16(2)24)10-9-20(25)22-19-8-4-6-17(12-19)13-21/h3-8,11-12H,9-10,14H2,1-2H3,(H,22,25). The number of amides is 2. The van der Waals surface area contributed by atoms with E-state index >= 15 is 0 Å². The summed E-state index contributed by atoms with van der Waals surface area (Å²) in [5.41, 5.74) is 3.24. The number of carbonyl (C=O) groups excluding carboxylic acids is 2. The molecule has 0 aliphatic carbocycles. The maximum atomic E-state index is 12.1. The van der Waals surface area contributed by atoms with Gasteiger partial charge in [0.1, 0.15) is 0 Å². The van der Waals surface area contributed by atoms with Crippen LogP contribution in [0.2, 0.25) is 0 Å². The van der Waals surface area contributed by atoms with Gasteiger partial charge in [-0.1, -0.05) is 35.9 Å². The molecule has 2 amide bonds. The average molecular weight is 335 g/mol. The number of hydrogen-bond donors (Lipinski definition) is 1. The fourth-order valence-electron chi connectivity index (χ4n) is 2.51. The fourth-order valence-corrected chi connectivity index (χ4v) is 2.51. The molecule has 2 rings (SSSR count). The topological polar surface area (TPSA) is 73.2 Å². The maximum absolute atomic E-state index is 12.1. The lowest BCUT2D eigenvalue weighted by atomic mass is 10.1. The largest absolute Gasteiger partial charge is 0.338 e. The van der Waals surface area contributed by atoms with Crippen LogP contribution < -0.4 is 5.32 Å². The van der Waals surface area contributed by atoms with Crippen LogP contribution in [0.1, 0.15) is 30.0 Å². The minimum atomic E-state index is -0.189. The zero-order valence-electron chi connectivity index (χ0n) is 14.5. The van der Waals surface area contributed by atoms with E-state index in [9.17, 15) is 9.59 Å². The lowest BCUT2D eigenvalue weighted by molar-refractivity contribution is -0.129. The maximum Gasteiger partial charge on any atom is 0.226 e. The molecule has 0 aliphatic heterocycles. The van der Waals surface area contributed by atoms with Crippen molar-refractivity contribution in [3.8, 4) is 6.07 Å². The molecule has 0 aliphatic rings. The van der Waals surface area contributed by atoms with Crippen LogP contribution in [0.5, 0.6) is 0 Å². The lowest BCUT2D eigenvalue weighted by Crippen LogP contribution is -2.31. The van der Waals surface area contributed by atoms with Gasteiger partial charge in [-0.05, 0) is 30.7 Å². The van der Waals surface area contributed by atoms with Crippen LogP contribution >= 0.6 is 0 Å². The van der Waals surface area contributed by atoms with Crippen molar-refractivity contribution in [3.63, 3.8) is 0 Å². The van der Waals surface area contributed by atoms with E-state index in [1.54, 1.807) is 29.2 Å². The zero-order valence-corrected chi connectivity index (χ0v) is 14.5. The van der Waals surface area contributed by atoms with Crippen molar-refractivity contribution >= 4 is 17.5 Å². The molecule has 0 spiro atoms. The molecule has 0 fully saturated rings. The molecule has 2 aromatic carbocycles. The van der Waals surface area contributed by atoms with Crippen molar-refractivity contribution in [1.82, 2.24) is 4.90 Å². The SMILES string of the molecule is CC(=O)N(CCC(=O)Nc1cccc(C#N)c1)Cc1cccc(C)c1. The van der Waals surface area contributed by atoms with Gasteiger partial charge in [-0.15, -0.1) is 0 Å². The van der Waals surface area contributed by atoms with Crippen molar-refractivity contribution in [2.75, 3.05) is 11.9 Å². The van der Waals surface area contributed by atoms with Crippen molar-refractivity contribution in [2.24, 2.45) is 0 Å². The Balaban J connectivity index is 1.93. The quantitative estimate of drug-likeness (QED) is 0.881. The van der Waals surface area contributed by atoms with E-state index in [0.29, 0.717) is 24.3 Å². The Hall–Kier alpha value is -3.13. The number of nitriles is 1. The van der Waals surface area contributed by atoms with Crippen molar-refractivity contribution < 1.29 is 9.59 Å². The van der Waals surface area contributed by atoms with Gasteiger partial charge < -0.3 is 10.2 Å². The second kappa shape index (κ2) is 8.65. The summed E-state index contributed by atoms with van der Waals surface area (Å²) in [6.07, 6.45) is 0.197. The highest BCUT2D eigenvalue weighted by Crippen LogP contribution is 2.11. The third kappa shape index (κ3) is 5.78. The molecule has 5 heteroatoms. The van der Waals surface area contributed by atoms with Crippen LogP contribution in [0.3, 0.4) is 0 Å². The molecule has 0 bridgehead atoms. The highest BCUT2D eigenvalue weighted by molar-refractivity contribution is 5.91. The predicted octanol–water partition coefficient (Wildman–Crippen LogP) is 3.24. The first-order chi connectivity index (χ1) is 12.0. The molecule has 25 heavy (non-hydrogen) atoms. The van der Waals surface area contributed by atoms with Gasteiger partial charge in [0.05, 0.1) is 11.6 Å². The molecule has 0 aromatic heterocycles. The molecule has 0 saturated heterocycles. The van der Waals surface area contributed by atoms with E-state index in [1.807, 2.05) is 37.3 Å². The lowest BCUT2D eigenvalue weighted by Gasteiger charge is -2.21. The van der Waals surface area contributed by atoms with Crippen LogP contribution in [0.4, 0.5) is 5.69 Å². The third-order valence-corrected chi connectivity index (χ3v) is 3.79. The third-order valence-electron chi connectivity index (χ3n) is 3.79. The van der Waals surface area contributed by atoms with Crippen LogP contribution in [0.15, 0.2) is 48.5 Å². The van der Waals surface area contributed by atoms with Gasteiger partial charge in [-0.2, -0.15) is 5.26 Å². The van der Waals surface area contributed by atoms with Gasteiger partial charge >= 0.3 is 0 Å². The Morgan fingerprint density at radius 1 is 1.16 bits per heavy atom. The number of nitrogens with one attached hydrogen (secondary N) is 1. The molecular weight excluding hydrogens is 314 g/mol. The Bertz CT molecular complexity index is 809. The average Bonchev–Trinajstić information content (AvgIpc) is 2.58. The van der Waals surface area contributed by atoms with Crippen LogP contribution in [0.25, 0.3) is 0 Å². The van der Waals surface area contributed by atoms with Crippen LogP contribution in [0, 0.1) is 18.3 Å². The first kappa shape index (κ1) is 18.2. The highest BCUT2D eigenvalue weighted by Gasteiger charge is 2.12. The van der Waals surface area contributed by atoms with Gasteiger partial charge in [0.2, 0.25) is 11.8 Å². The van der Waals surface area contributed by atoms with Crippen LogP contribution in [-0.2, 0) is 16.1 Å². The summed E-state index contributed by atoms with van der Waals surface area (Å²) in [4.78, 5) is 25.6. The second-order valence-corrected chi connectivity index (χ2v) is 5.92. The summed E-state index contributed by atoms with van der Waals surface area (Å²) in [6.45, 7) is 4.33. The number of anilines is 1. The van der Waals surface area contributed by atoms with Gasteiger partial charge in [0.25, 0.3) is 0 Å². The number of rotatable bonds is 6. The van der Waals surface area contributed by atoms with Gasteiger partial charge in [0.15, 0.2) is 0 Å². The molecule has 0 unspecified atom stereocenters. The monoisotopic (exact) mass is 335 g/mol. The first-order valence-corrected chi connectivity index (χ1v) is 8.09. The summed E-state index contributed by atoms with van der Waals surface area (Å²) in [7, 11) is 0. The summed E-state index contributed by atoms with van der Waals surface area (Å²) < 4.78 is 0. The van der Waals surface area contributed by atoms with E-state index in [-0.39, 0.29) is 18.2 Å². The molecule has 0 heterocycles. The molecule has 1 N–H and O–H groups in total. The summed E-state index contributed by atoms with van der Waals surface area (Å²) in [5.74, 6) is -0.258. The number of carbonyl (C=O) groups is 2. The molecule has 2 aromatic rings. The zero-order chi connectivity index (χ0) is 18.2. The van der Waals surface area contributed by atoms with Gasteiger partial charge in [0, 0.05) is 32.1 Å². The van der Waals surface area contributed by atoms with Gasteiger partial charge in [-0.25, -0.2) is 0 Å². The Kier molecular flexibility index (Phi) is 6.30. The predicted molar refractivity (Wildman–Crippen MR) is 96.7 cm³/mol. The first-order valence-electron chi connectivity index (χ1n) is 8.09. The Morgan fingerprint density at radius 3 is 2.60 bits per heavy atom. The molecule has 0 radical (unpaired) electrons. The summed E-state index contributed by atoms with van der Waals surface area (Å²) in [6, 6.07) is 16.7. The number of benzene rings is 2. The van der Waals surface area contributed by atoms with E-state index in [1.165, 1.54) is 6.92 Å². The van der Waals surface area contributed by atoms with Crippen molar-refractivity contribution in [2.45, 2.75) is 26.8 Å². The number of hydrogen-bond acceptors (Lipinski definition) is 3. The summed E-state index contributed by atoms with van der Waals surface area (Å²) in [5, 5.41) is 11.6. The second-order valence-electron chi connectivity index (χ2n) is 5.92. The molecule has 0 saturated carbocycles. The molecule has 128 valence electrons. The number of aryl methyl sites for hydroxylation is 1. The van der Waals surface area contributed by atoms with Crippen molar-refractivity contribution in [1.29, 1.82) is 5.26 Å². The smallest absolute Gasteiger partial charge is 0.226 e. The summed E-state index contributed by atoms with van der Waals surface area (Å²) >= 11 is 0. The minimum Gasteiger partial charge on any atom is -0.338 e. The van der Waals surface area contributed by atoms with Gasteiger partial charge in [-0.3, -0.25) is 9.59 Å². The normalized spacial score (nSPS) is 9.96. The molecule has 0 atom stereocenters.